The molecule has 1 fully saturated rings. The van der Waals surface area contributed by atoms with Gasteiger partial charge in [0.25, 0.3) is 0 Å². The van der Waals surface area contributed by atoms with Crippen LogP contribution < -0.4 is 0 Å². The molecule has 1 aliphatic rings. The molecule has 0 saturated carbocycles. The highest BCUT2D eigenvalue weighted by molar-refractivity contribution is 5.85. The van der Waals surface area contributed by atoms with Crippen LogP contribution in [0.4, 0.5) is 4.39 Å². The Morgan fingerprint density at radius 1 is 1.15 bits per heavy atom. The standard InChI is InChI=1S/C18H21FN4O3/c19-15-3-1-2-14(12-15)13-21-8-10-22(11-9-21)17(24)5-7-23-16(18(25)26)4-6-20-23/h1-4,6,12H,5,7-11,13H2,(H,25,26). The second-order valence-corrected chi connectivity index (χ2v) is 6.28. The summed E-state index contributed by atoms with van der Waals surface area (Å²) in [7, 11) is 0. The number of carbonyl (C=O) groups excluding carboxylic acids is 1. The summed E-state index contributed by atoms with van der Waals surface area (Å²) < 4.78 is 14.6. The third-order valence-electron chi connectivity index (χ3n) is 4.49. The van der Waals surface area contributed by atoms with Gasteiger partial charge in [-0.1, -0.05) is 12.1 Å². The van der Waals surface area contributed by atoms with Gasteiger partial charge >= 0.3 is 5.97 Å². The summed E-state index contributed by atoms with van der Waals surface area (Å²) in [5, 5.41) is 13.0. The van der Waals surface area contributed by atoms with Crippen molar-refractivity contribution in [2.24, 2.45) is 0 Å². The molecular weight excluding hydrogens is 339 g/mol. The van der Waals surface area contributed by atoms with E-state index in [9.17, 15) is 14.0 Å². The first-order chi connectivity index (χ1) is 12.5. The summed E-state index contributed by atoms with van der Waals surface area (Å²) in [5.41, 5.74) is 1.00. The van der Waals surface area contributed by atoms with Crippen LogP contribution >= 0.6 is 0 Å². The minimum atomic E-state index is -1.05. The van der Waals surface area contributed by atoms with Gasteiger partial charge in [-0.15, -0.1) is 0 Å². The minimum Gasteiger partial charge on any atom is -0.477 e. The van der Waals surface area contributed by atoms with Crippen molar-refractivity contribution in [1.29, 1.82) is 0 Å². The highest BCUT2D eigenvalue weighted by atomic mass is 19.1. The van der Waals surface area contributed by atoms with Gasteiger partial charge in [0, 0.05) is 45.3 Å². The van der Waals surface area contributed by atoms with Gasteiger partial charge in [-0.25, -0.2) is 9.18 Å². The SMILES string of the molecule is O=C(O)c1ccnn1CCC(=O)N1CCN(Cc2cccc(F)c2)CC1. The molecule has 1 aromatic heterocycles. The Hall–Kier alpha value is -2.74. The van der Waals surface area contributed by atoms with E-state index in [0.717, 1.165) is 18.7 Å². The van der Waals surface area contributed by atoms with Gasteiger partial charge in [-0.05, 0) is 23.8 Å². The highest BCUT2D eigenvalue weighted by Gasteiger charge is 2.21. The van der Waals surface area contributed by atoms with Crippen molar-refractivity contribution in [3.05, 3.63) is 53.6 Å². The first-order valence-electron chi connectivity index (χ1n) is 8.52. The third kappa shape index (κ3) is 4.45. The molecule has 1 saturated heterocycles. The predicted molar refractivity (Wildman–Crippen MR) is 92.1 cm³/mol. The Balaban J connectivity index is 1.46. The van der Waals surface area contributed by atoms with Crippen LogP contribution in [0, 0.1) is 5.82 Å². The molecule has 7 nitrogen and oxygen atoms in total. The second kappa shape index (κ2) is 8.09. The number of carboxylic acids is 1. The lowest BCUT2D eigenvalue weighted by molar-refractivity contribution is -0.133. The van der Waals surface area contributed by atoms with Gasteiger partial charge in [0.05, 0.1) is 6.54 Å². The van der Waals surface area contributed by atoms with E-state index in [1.807, 2.05) is 6.07 Å². The molecule has 0 atom stereocenters. The van der Waals surface area contributed by atoms with Crippen molar-refractivity contribution in [2.75, 3.05) is 26.2 Å². The average molecular weight is 360 g/mol. The molecule has 2 heterocycles. The van der Waals surface area contributed by atoms with Crippen LogP contribution in [0.3, 0.4) is 0 Å². The number of aryl methyl sites for hydroxylation is 1. The summed E-state index contributed by atoms with van der Waals surface area (Å²) in [6.45, 7) is 3.58. The highest BCUT2D eigenvalue weighted by Crippen LogP contribution is 2.11. The lowest BCUT2D eigenvalue weighted by Crippen LogP contribution is -2.48. The zero-order valence-electron chi connectivity index (χ0n) is 14.3. The maximum absolute atomic E-state index is 13.3. The molecule has 1 aliphatic heterocycles. The van der Waals surface area contributed by atoms with E-state index in [4.69, 9.17) is 5.11 Å². The zero-order chi connectivity index (χ0) is 18.5. The van der Waals surface area contributed by atoms with Crippen LogP contribution in [0.15, 0.2) is 36.5 Å². The molecule has 1 aromatic carbocycles. The molecule has 3 rings (SSSR count). The van der Waals surface area contributed by atoms with Crippen LogP contribution in [0.25, 0.3) is 0 Å². The largest absolute Gasteiger partial charge is 0.477 e. The first-order valence-corrected chi connectivity index (χ1v) is 8.52. The van der Waals surface area contributed by atoms with Crippen molar-refractivity contribution in [1.82, 2.24) is 19.6 Å². The van der Waals surface area contributed by atoms with E-state index in [1.54, 1.807) is 11.0 Å². The molecule has 2 aromatic rings. The van der Waals surface area contributed by atoms with Crippen LogP contribution in [-0.2, 0) is 17.9 Å². The summed E-state index contributed by atoms with van der Waals surface area (Å²) in [6.07, 6.45) is 1.63. The van der Waals surface area contributed by atoms with Gasteiger partial charge in [0.1, 0.15) is 11.5 Å². The maximum Gasteiger partial charge on any atom is 0.354 e. The van der Waals surface area contributed by atoms with Gasteiger partial charge in [0.15, 0.2) is 0 Å². The topological polar surface area (TPSA) is 78.7 Å². The number of rotatable bonds is 6. The van der Waals surface area contributed by atoms with Crippen LogP contribution in [0.5, 0.6) is 0 Å². The zero-order valence-corrected chi connectivity index (χ0v) is 14.3. The molecule has 0 bridgehead atoms. The number of benzene rings is 1. The lowest BCUT2D eigenvalue weighted by Gasteiger charge is -2.34. The van der Waals surface area contributed by atoms with E-state index < -0.39 is 5.97 Å². The molecule has 0 spiro atoms. The molecule has 0 radical (unpaired) electrons. The van der Waals surface area contributed by atoms with Crippen LogP contribution in [0.1, 0.15) is 22.5 Å². The van der Waals surface area contributed by atoms with Crippen molar-refractivity contribution < 1.29 is 19.1 Å². The van der Waals surface area contributed by atoms with Crippen molar-refractivity contribution in [2.45, 2.75) is 19.5 Å². The van der Waals surface area contributed by atoms with E-state index >= 15 is 0 Å². The van der Waals surface area contributed by atoms with Gasteiger partial charge < -0.3 is 10.0 Å². The number of piperazine rings is 1. The van der Waals surface area contributed by atoms with Gasteiger partial charge in [-0.3, -0.25) is 14.4 Å². The fraction of sp³-hybridized carbons (Fsp3) is 0.389. The molecule has 0 aliphatic carbocycles. The van der Waals surface area contributed by atoms with Crippen molar-refractivity contribution in [3.63, 3.8) is 0 Å². The fourth-order valence-corrected chi connectivity index (χ4v) is 3.10. The predicted octanol–water partition coefficient (Wildman–Crippen LogP) is 1.45. The Bertz CT molecular complexity index is 784. The van der Waals surface area contributed by atoms with Gasteiger partial charge in [-0.2, -0.15) is 5.10 Å². The quantitative estimate of drug-likeness (QED) is 0.844. The second-order valence-electron chi connectivity index (χ2n) is 6.28. The summed E-state index contributed by atoms with van der Waals surface area (Å²) in [4.78, 5) is 27.4. The summed E-state index contributed by atoms with van der Waals surface area (Å²) in [6, 6.07) is 7.96. The molecule has 0 unspecified atom stereocenters. The number of nitrogens with zero attached hydrogens (tertiary/aromatic N) is 4. The number of carbonyl (C=O) groups is 2. The Morgan fingerprint density at radius 3 is 2.62 bits per heavy atom. The number of carboxylic acid groups (broad SMARTS) is 1. The summed E-state index contributed by atoms with van der Waals surface area (Å²) >= 11 is 0. The number of amides is 1. The Morgan fingerprint density at radius 2 is 1.92 bits per heavy atom. The fourth-order valence-electron chi connectivity index (χ4n) is 3.10. The number of halogens is 1. The molecule has 1 N–H and O–H groups in total. The van der Waals surface area contributed by atoms with Crippen LogP contribution in [0.2, 0.25) is 0 Å². The lowest BCUT2D eigenvalue weighted by atomic mass is 10.2. The molecule has 8 heteroatoms. The first kappa shape index (κ1) is 18.1. The summed E-state index contributed by atoms with van der Waals surface area (Å²) in [5.74, 6) is -1.31. The third-order valence-corrected chi connectivity index (χ3v) is 4.49. The van der Waals surface area contributed by atoms with E-state index in [-0.39, 0.29) is 30.4 Å². The maximum atomic E-state index is 13.3. The smallest absolute Gasteiger partial charge is 0.354 e. The van der Waals surface area contributed by atoms with Gasteiger partial charge in [0.2, 0.25) is 5.91 Å². The number of aromatic nitrogens is 2. The van der Waals surface area contributed by atoms with Crippen molar-refractivity contribution >= 4 is 11.9 Å². The molecule has 26 heavy (non-hydrogen) atoms. The molecular formula is C18H21FN4O3. The number of hydrogen-bond donors (Lipinski definition) is 1. The molecule has 1 amide bonds. The van der Waals surface area contributed by atoms with E-state index in [0.29, 0.717) is 19.6 Å². The van der Waals surface area contributed by atoms with E-state index in [2.05, 4.69) is 10.00 Å². The number of hydrogen-bond acceptors (Lipinski definition) is 4. The Kier molecular flexibility index (Phi) is 5.62. The van der Waals surface area contributed by atoms with Crippen molar-refractivity contribution in [3.8, 4) is 0 Å². The molecule has 138 valence electrons. The average Bonchev–Trinajstić information content (AvgIpc) is 3.09. The normalized spacial score (nSPS) is 15.2. The minimum absolute atomic E-state index is 0.0118. The Labute approximate surface area is 150 Å². The number of aromatic carboxylic acids is 1. The van der Waals surface area contributed by atoms with Crippen LogP contribution in [-0.4, -0.2) is 62.7 Å². The van der Waals surface area contributed by atoms with E-state index in [1.165, 1.54) is 29.1 Å². The monoisotopic (exact) mass is 360 g/mol.